The van der Waals surface area contributed by atoms with E-state index in [1.165, 1.54) is 0 Å². The molecule has 9 heteroatoms. The second-order valence-electron chi connectivity index (χ2n) is 0.522. The molecule has 7 nitrogen and oxygen atoms in total. The van der Waals surface area contributed by atoms with Crippen LogP contribution in [0.25, 0.3) is 0 Å². The molecule has 0 heterocycles. The van der Waals surface area contributed by atoms with E-state index in [0.29, 0.717) is 0 Å². The molecule has 0 saturated carbocycles. The van der Waals surface area contributed by atoms with E-state index in [2.05, 4.69) is 0 Å². The fourth-order valence-electron chi connectivity index (χ4n) is 0. The third-order valence-electron chi connectivity index (χ3n) is 0. The Labute approximate surface area is 66.1 Å². The molecule has 0 rings (SSSR count). The summed E-state index contributed by atoms with van der Waals surface area (Å²) in [5.41, 5.74) is 0. The van der Waals surface area contributed by atoms with Crippen molar-refractivity contribution in [1.82, 2.24) is 0 Å². The van der Waals surface area contributed by atoms with Crippen molar-refractivity contribution >= 4 is 10.4 Å². The Hall–Kier alpha value is 0.0103. The van der Waals surface area contributed by atoms with Crippen molar-refractivity contribution < 1.29 is 39.9 Å². The molecule has 0 aromatic carbocycles. The van der Waals surface area contributed by atoms with Crippen molar-refractivity contribution in [2.75, 3.05) is 0 Å². The zero-order valence-corrected chi connectivity index (χ0v) is 5.98. The average molecular weight is 252 g/mol. The van der Waals surface area contributed by atoms with Crippen LogP contribution in [0.15, 0.2) is 5.34 Å². The first kappa shape index (κ1) is 16.0. The molecule has 0 spiro atoms. The Balaban J connectivity index is -0.0000000800. The predicted octanol–water partition coefficient (Wildman–Crippen LogP) is -0.405. The minimum absolute atomic E-state index is 0. The second-order valence-corrected chi connectivity index (χ2v) is 1.42. The van der Waals surface area contributed by atoms with Gasteiger partial charge in [-0.15, -0.1) is 5.34 Å². The molecular weight excluding hydrogens is 250 g/mol. The Morgan fingerprint density at radius 1 is 1.33 bits per heavy atom. The summed E-state index contributed by atoms with van der Waals surface area (Å²) in [4.78, 5) is 8.00. The summed E-state index contributed by atoms with van der Waals surface area (Å²) in [5, 5.41) is 9.00. The maximum absolute atomic E-state index is 8.74. The molecule has 0 aromatic rings. The largest absolute Gasteiger partial charge is 0.444 e. The standard InChI is InChI=1S/Ag.HNO2.H2O4S/c;2-1-3;1-5(2,3)4/h;(H,2,3);(H2,1,2,3,4)/p-1. The van der Waals surface area contributed by atoms with Gasteiger partial charge in [0.25, 0.3) is 0 Å². The molecule has 0 saturated heterocycles. The Kier molecular flexibility index (Phi) is 14.2. The molecule has 0 amide bonds. The van der Waals surface area contributed by atoms with Gasteiger partial charge in [-0.2, -0.15) is 8.42 Å². The van der Waals surface area contributed by atoms with Gasteiger partial charge in [-0.3, -0.25) is 9.11 Å². The van der Waals surface area contributed by atoms with E-state index < -0.39 is 10.4 Å². The van der Waals surface area contributed by atoms with E-state index >= 15 is 0 Å². The molecular formula is H2AgNO6S-. The third kappa shape index (κ3) is 2750000. The van der Waals surface area contributed by atoms with Gasteiger partial charge in [-0.25, -0.2) is 0 Å². The van der Waals surface area contributed by atoms with Crippen molar-refractivity contribution in [1.29, 1.82) is 0 Å². The van der Waals surface area contributed by atoms with Crippen molar-refractivity contribution in [3.8, 4) is 0 Å². The molecule has 0 aliphatic rings. The van der Waals surface area contributed by atoms with Crippen molar-refractivity contribution in [3.05, 3.63) is 10.1 Å². The fraction of sp³-hybridized carbons (Fsp3) is 0. The van der Waals surface area contributed by atoms with Gasteiger partial charge >= 0.3 is 10.4 Å². The summed E-state index contributed by atoms with van der Waals surface area (Å²) in [6.07, 6.45) is 0. The zero-order chi connectivity index (χ0) is 7.21. The van der Waals surface area contributed by atoms with Crippen LogP contribution in [-0.2, 0) is 32.8 Å². The van der Waals surface area contributed by atoms with Crippen LogP contribution in [0.2, 0.25) is 0 Å². The molecule has 0 bridgehead atoms. The van der Waals surface area contributed by atoms with E-state index in [-0.39, 0.29) is 22.4 Å². The molecule has 0 aliphatic heterocycles. The van der Waals surface area contributed by atoms with Gasteiger partial charge in [-0.1, -0.05) is 0 Å². The summed E-state index contributed by atoms with van der Waals surface area (Å²) in [6.45, 7) is 0. The van der Waals surface area contributed by atoms with Gasteiger partial charge in [0, 0.05) is 22.4 Å². The van der Waals surface area contributed by atoms with E-state index in [1.54, 1.807) is 0 Å². The first-order valence-electron chi connectivity index (χ1n) is 1.06. The Bertz CT molecular complexity index is 127. The molecule has 1 radical (unpaired) electrons. The third-order valence-corrected chi connectivity index (χ3v) is 0. The van der Waals surface area contributed by atoms with Crippen LogP contribution < -0.4 is 0 Å². The summed E-state index contributed by atoms with van der Waals surface area (Å²) >= 11 is 0. The van der Waals surface area contributed by atoms with Gasteiger partial charge < -0.3 is 10.1 Å². The van der Waals surface area contributed by atoms with Crippen LogP contribution in [0.4, 0.5) is 0 Å². The van der Waals surface area contributed by atoms with Crippen LogP contribution >= 0.6 is 0 Å². The summed E-state index contributed by atoms with van der Waals surface area (Å²) < 4.78 is 31.6. The van der Waals surface area contributed by atoms with E-state index in [0.717, 1.165) is 5.34 Å². The maximum Gasteiger partial charge on any atom is 0.394 e. The van der Waals surface area contributed by atoms with E-state index in [1.807, 2.05) is 0 Å². The topological polar surface area (TPSA) is 127 Å². The second kappa shape index (κ2) is 8.01. The normalized spacial score (nSPS) is 7.78. The summed E-state index contributed by atoms with van der Waals surface area (Å²) in [5.74, 6) is 0. The van der Waals surface area contributed by atoms with Gasteiger partial charge in [-0.05, 0) is 0 Å². The quantitative estimate of drug-likeness (QED) is 0.261. The average Bonchev–Trinajstić information content (AvgIpc) is 1.27. The number of hydrogen-bond donors (Lipinski definition) is 2. The first-order valence-corrected chi connectivity index (χ1v) is 2.46. The van der Waals surface area contributed by atoms with E-state index in [4.69, 9.17) is 27.6 Å². The summed E-state index contributed by atoms with van der Waals surface area (Å²) in [7, 11) is -4.67. The van der Waals surface area contributed by atoms with E-state index in [9.17, 15) is 0 Å². The van der Waals surface area contributed by atoms with Gasteiger partial charge in [0.05, 0.1) is 0 Å². The van der Waals surface area contributed by atoms with Crippen molar-refractivity contribution in [3.63, 3.8) is 0 Å². The maximum atomic E-state index is 8.74. The minimum atomic E-state index is -4.67. The summed E-state index contributed by atoms with van der Waals surface area (Å²) in [6, 6.07) is 0. The monoisotopic (exact) mass is 251 g/mol. The van der Waals surface area contributed by atoms with Crippen LogP contribution in [0.3, 0.4) is 0 Å². The Morgan fingerprint density at radius 2 is 1.33 bits per heavy atom. The molecule has 0 unspecified atom stereocenters. The number of rotatable bonds is 0. The Morgan fingerprint density at radius 3 is 1.33 bits per heavy atom. The SMILES string of the molecule is O=N[O-].O=S(=O)(O)O.[Ag]. The first-order chi connectivity index (χ1) is 3.41. The van der Waals surface area contributed by atoms with Crippen LogP contribution in [0.5, 0.6) is 0 Å². The van der Waals surface area contributed by atoms with Gasteiger partial charge in [0.1, 0.15) is 0 Å². The minimum Gasteiger partial charge on any atom is -0.444 e. The van der Waals surface area contributed by atoms with Crippen molar-refractivity contribution in [2.24, 2.45) is 5.34 Å². The molecule has 2 N–H and O–H groups in total. The van der Waals surface area contributed by atoms with Gasteiger partial charge in [0.15, 0.2) is 0 Å². The molecule has 0 atom stereocenters. The zero-order valence-electron chi connectivity index (χ0n) is 3.68. The predicted molar refractivity (Wildman–Crippen MR) is 23.3 cm³/mol. The van der Waals surface area contributed by atoms with Crippen LogP contribution in [0, 0.1) is 10.1 Å². The number of hydrogen-bond acceptors (Lipinski definition) is 5. The molecule has 0 aliphatic carbocycles. The van der Waals surface area contributed by atoms with Crippen LogP contribution in [-0.4, -0.2) is 17.5 Å². The molecule has 9 heavy (non-hydrogen) atoms. The number of nitrogens with zero attached hydrogens (tertiary/aromatic N) is 1. The molecule has 0 fully saturated rings. The van der Waals surface area contributed by atoms with Gasteiger partial charge in [0.2, 0.25) is 0 Å². The molecule has 0 aromatic heterocycles. The van der Waals surface area contributed by atoms with Crippen molar-refractivity contribution in [2.45, 2.75) is 0 Å². The molecule has 61 valence electrons. The van der Waals surface area contributed by atoms with Crippen LogP contribution in [0.1, 0.15) is 0 Å². The fourth-order valence-corrected chi connectivity index (χ4v) is 0. The smallest absolute Gasteiger partial charge is 0.394 e.